The van der Waals surface area contributed by atoms with Crippen LogP contribution in [0.15, 0.2) is 0 Å². The van der Waals surface area contributed by atoms with Gasteiger partial charge in [-0.15, -0.1) is 0 Å². The summed E-state index contributed by atoms with van der Waals surface area (Å²) in [5.41, 5.74) is 0. The van der Waals surface area contributed by atoms with E-state index in [0.717, 1.165) is 51.9 Å². The van der Waals surface area contributed by atoms with Crippen LogP contribution in [0, 0.1) is 5.92 Å². The van der Waals surface area contributed by atoms with E-state index in [2.05, 4.69) is 34.7 Å². The Morgan fingerprint density at radius 2 is 1.90 bits per heavy atom. The molecule has 0 saturated carbocycles. The van der Waals surface area contributed by atoms with Crippen molar-refractivity contribution in [2.24, 2.45) is 5.92 Å². The fraction of sp³-hybridized carbons (Fsp3) is 0.867. The van der Waals surface area contributed by atoms with E-state index in [1.54, 1.807) is 0 Å². The molecule has 1 aliphatic rings. The monoisotopic (exact) mass is 298 g/mol. The summed E-state index contributed by atoms with van der Waals surface area (Å²) in [4.78, 5) is 25.4. The molecule has 0 aliphatic carbocycles. The molecule has 0 spiro atoms. The zero-order valence-corrected chi connectivity index (χ0v) is 13.4. The fourth-order valence-electron chi connectivity index (χ4n) is 2.49. The van der Waals surface area contributed by atoms with Crippen molar-refractivity contribution >= 4 is 11.9 Å². The van der Waals surface area contributed by atoms with E-state index in [1.807, 2.05) is 0 Å². The molecule has 3 N–H and O–H groups in total. The molecule has 1 rings (SSSR count). The van der Waals surface area contributed by atoms with Crippen molar-refractivity contribution < 1.29 is 9.59 Å². The zero-order valence-electron chi connectivity index (χ0n) is 13.4. The van der Waals surface area contributed by atoms with E-state index >= 15 is 0 Å². The van der Waals surface area contributed by atoms with Crippen molar-refractivity contribution in [1.82, 2.24) is 20.9 Å². The summed E-state index contributed by atoms with van der Waals surface area (Å²) in [5, 5.41) is 8.45. The number of hydrogen-bond donors (Lipinski definition) is 3. The molecule has 1 saturated heterocycles. The molecule has 0 aromatic carbocycles. The van der Waals surface area contributed by atoms with Crippen molar-refractivity contribution in [3.63, 3.8) is 0 Å². The standard InChI is InChI=1S/C15H30N4O2/c1-3-5-8-17-15(21)18-14(20)12-19-9-6-13(7-10-19)11-16-4-2/h13,16H,3-12H2,1-2H3,(H2,17,18,20,21). The third kappa shape index (κ3) is 8.02. The number of carbonyl (C=O) groups is 2. The van der Waals surface area contributed by atoms with Crippen molar-refractivity contribution in [1.29, 1.82) is 0 Å². The number of imide groups is 1. The predicted octanol–water partition coefficient (Wildman–Crippen LogP) is 0.934. The Morgan fingerprint density at radius 1 is 1.19 bits per heavy atom. The second-order valence-electron chi connectivity index (χ2n) is 5.68. The molecule has 0 unspecified atom stereocenters. The number of unbranched alkanes of at least 4 members (excludes halogenated alkanes) is 1. The number of amides is 3. The minimum Gasteiger partial charge on any atom is -0.338 e. The summed E-state index contributed by atoms with van der Waals surface area (Å²) in [7, 11) is 0. The molecule has 0 aromatic rings. The Morgan fingerprint density at radius 3 is 2.52 bits per heavy atom. The molecule has 0 radical (unpaired) electrons. The lowest BCUT2D eigenvalue weighted by Crippen LogP contribution is -2.47. The van der Waals surface area contributed by atoms with Crippen molar-refractivity contribution in [2.45, 2.75) is 39.5 Å². The van der Waals surface area contributed by atoms with Crippen LogP contribution < -0.4 is 16.0 Å². The molecular formula is C15H30N4O2. The largest absolute Gasteiger partial charge is 0.338 e. The zero-order chi connectivity index (χ0) is 15.5. The van der Waals surface area contributed by atoms with E-state index < -0.39 is 0 Å². The first-order chi connectivity index (χ1) is 10.2. The number of nitrogens with zero attached hydrogens (tertiary/aromatic N) is 1. The number of carbonyl (C=O) groups excluding carboxylic acids is 2. The normalized spacial score (nSPS) is 16.7. The molecular weight excluding hydrogens is 268 g/mol. The molecule has 1 fully saturated rings. The van der Waals surface area contributed by atoms with Gasteiger partial charge in [0.2, 0.25) is 5.91 Å². The maximum atomic E-state index is 11.8. The second kappa shape index (κ2) is 10.6. The smallest absolute Gasteiger partial charge is 0.321 e. The Bertz CT molecular complexity index is 315. The molecule has 1 aliphatic heterocycles. The van der Waals surface area contributed by atoms with E-state index in [0.29, 0.717) is 19.0 Å². The summed E-state index contributed by atoms with van der Waals surface area (Å²) in [5.74, 6) is 0.496. The van der Waals surface area contributed by atoms with Gasteiger partial charge in [0.25, 0.3) is 0 Å². The Labute approximate surface area is 128 Å². The lowest BCUT2D eigenvalue weighted by Gasteiger charge is -2.31. The van der Waals surface area contributed by atoms with Crippen LogP contribution >= 0.6 is 0 Å². The van der Waals surface area contributed by atoms with Crippen LogP contribution in [0.2, 0.25) is 0 Å². The lowest BCUT2D eigenvalue weighted by molar-refractivity contribution is -0.121. The average molecular weight is 298 g/mol. The van der Waals surface area contributed by atoms with E-state index in [9.17, 15) is 9.59 Å². The summed E-state index contributed by atoms with van der Waals surface area (Å²) in [6.07, 6.45) is 4.18. The van der Waals surface area contributed by atoms with Gasteiger partial charge in [-0.3, -0.25) is 15.0 Å². The van der Waals surface area contributed by atoms with Crippen LogP contribution in [0.25, 0.3) is 0 Å². The Hall–Kier alpha value is -1.14. The highest BCUT2D eigenvalue weighted by Crippen LogP contribution is 2.15. The first-order valence-electron chi connectivity index (χ1n) is 8.16. The molecule has 21 heavy (non-hydrogen) atoms. The van der Waals surface area contributed by atoms with E-state index in [-0.39, 0.29) is 11.9 Å². The Kier molecular flexibility index (Phi) is 9.01. The van der Waals surface area contributed by atoms with Gasteiger partial charge in [-0.1, -0.05) is 20.3 Å². The van der Waals surface area contributed by atoms with Crippen LogP contribution in [-0.2, 0) is 4.79 Å². The third-order valence-corrected chi connectivity index (χ3v) is 3.83. The van der Waals surface area contributed by atoms with Crippen LogP contribution in [0.4, 0.5) is 4.79 Å². The number of urea groups is 1. The SMILES string of the molecule is CCCCNC(=O)NC(=O)CN1CCC(CNCC)CC1. The number of rotatable bonds is 8. The van der Waals surface area contributed by atoms with E-state index in [4.69, 9.17) is 0 Å². The van der Waals surface area contributed by atoms with Crippen molar-refractivity contribution in [3.8, 4) is 0 Å². The second-order valence-corrected chi connectivity index (χ2v) is 5.68. The van der Waals surface area contributed by atoms with Gasteiger partial charge in [0.15, 0.2) is 0 Å². The van der Waals surface area contributed by atoms with Crippen molar-refractivity contribution in [2.75, 3.05) is 39.3 Å². The molecule has 3 amide bonds. The van der Waals surface area contributed by atoms with Gasteiger partial charge in [0, 0.05) is 6.54 Å². The maximum absolute atomic E-state index is 11.8. The molecule has 6 nitrogen and oxygen atoms in total. The molecule has 0 aromatic heterocycles. The van der Waals surface area contributed by atoms with Gasteiger partial charge >= 0.3 is 6.03 Å². The first kappa shape index (κ1) is 17.9. The summed E-state index contributed by atoms with van der Waals surface area (Å²) >= 11 is 0. The predicted molar refractivity (Wildman–Crippen MR) is 84.2 cm³/mol. The highest BCUT2D eigenvalue weighted by molar-refractivity contribution is 5.95. The topological polar surface area (TPSA) is 73.5 Å². The van der Waals surface area contributed by atoms with Crippen LogP contribution in [0.1, 0.15) is 39.5 Å². The quantitative estimate of drug-likeness (QED) is 0.583. The average Bonchev–Trinajstić information content (AvgIpc) is 2.46. The molecule has 6 heteroatoms. The summed E-state index contributed by atoms with van der Waals surface area (Å²) in [6.45, 7) is 9.05. The molecule has 122 valence electrons. The van der Waals surface area contributed by atoms with E-state index in [1.165, 1.54) is 0 Å². The van der Waals surface area contributed by atoms with Gasteiger partial charge in [-0.2, -0.15) is 0 Å². The van der Waals surface area contributed by atoms with Crippen molar-refractivity contribution in [3.05, 3.63) is 0 Å². The lowest BCUT2D eigenvalue weighted by atomic mass is 9.97. The highest BCUT2D eigenvalue weighted by Gasteiger charge is 2.20. The number of nitrogens with one attached hydrogen (secondary N) is 3. The van der Waals surface area contributed by atoms with Gasteiger partial charge in [0.1, 0.15) is 0 Å². The van der Waals surface area contributed by atoms with Gasteiger partial charge < -0.3 is 10.6 Å². The number of likely N-dealkylation sites (tertiary alicyclic amines) is 1. The minimum atomic E-state index is -0.379. The highest BCUT2D eigenvalue weighted by atomic mass is 16.2. The third-order valence-electron chi connectivity index (χ3n) is 3.83. The molecule has 0 atom stereocenters. The van der Waals surface area contributed by atoms with Crippen LogP contribution in [-0.4, -0.2) is 56.1 Å². The Balaban J connectivity index is 2.14. The first-order valence-corrected chi connectivity index (χ1v) is 8.16. The summed E-state index contributed by atoms with van der Waals surface area (Å²) < 4.78 is 0. The molecule has 0 bridgehead atoms. The van der Waals surface area contributed by atoms with Crippen LogP contribution in [0.5, 0.6) is 0 Å². The van der Waals surface area contributed by atoms with Crippen LogP contribution in [0.3, 0.4) is 0 Å². The van der Waals surface area contributed by atoms with Gasteiger partial charge in [0.05, 0.1) is 6.54 Å². The summed E-state index contributed by atoms with van der Waals surface area (Å²) in [6, 6.07) is -0.379. The number of hydrogen-bond acceptors (Lipinski definition) is 4. The minimum absolute atomic E-state index is 0.214. The van der Waals surface area contributed by atoms with Gasteiger partial charge in [-0.25, -0.2) is 4.79 Å². The van der Waals surface area contributed by atoms with Gasteiger partial charge in [-0.05, 0) is 51.4 Å². The maximum Gasteiger partial charge on any atom is 0.321 e. The number of piperidine rings is 1. The molecule has 1 heterocycles. The fourth-order valence-corrected chi connectivity index (χ4v) is 2.49.